The minimum atomic E-state index is 0.444. The molecular weight excluding hydrogens is 360 g/mol. The molecule has 0 spiro atoms. The van der Waals surface area contributed by atoms with Gasteiger partial charge in [-0.1, -0.05) is 53.8 Å². The van der Waals surface area contributed by atoms with Crippen molar-refractivity contribution in [1.29, 1.82) is 0 Å². The van der Waals surface area contributed by atoms with Crippen LogP contribution in [0.4, 0.5) is 0 Å². The van der Waals surface area contributed by atoms with Crippen LogP contribution >= 0.6 is 0 Å². The van der Waals surface area contributed by atoms with Gasteiger partial charge in [-0.2, -0.15) is 0 Å². The zero-order valence-electron chi connectivity index (χ0n) is 16.1. The van der Waals surface area contributed by atoms with Gasteiger partial charge in [0, 0.05) is 23.5 Å². The molecule has 0 aliphatic rings. The molecule has 2 aromatic heterocycles. The van der Waals surface area contributed by atoms with Crippen molar-refractivity contribution < 1.29 is 4.74 Å². The van der Waals surface area contributed by atoms with Crippen LogP contribution in [0.3, 0.4) is 0 Å². The molecule has 0 aliphatic carbocycles. The lowest BCUT2D eigenvalue weighted by Gasteiger charge is -2.11. The molecule has 4 rings (SSSR count). The first-order valence-electron chi connectivity index (χ1n) is 9.52. The van der Waals surface area contributed by atoms with E-state index in [0.29, 0.717) is 13.2 Å². The lowest BCUT2D eigenvalue weighted by Crippen LogP contribution is -1.99. The second kappa shape index (κ2) is 8.97. The van der Waals surface area contributed by atoms with Gasteiger partial charge in [-0.3, -0.25) is 4.98 Å². The molecule has 0 atom stereocenters. The lowest BCUT2D eigenvalue weighted by molar-refractivity contribution is 0.307. The first-order valence-corrected chi connectivity index (χ1v) is 9.52. The third-order valence-corrected chi connectivity index (χ3v) is 4.54. The molecule has 0 saturated heterocycles. The highest BCUT2D eigenvalue weighted by atomic mass is 16.5. The Kier molecular flexibility index (Phi) is 5.76. The van der Waals surface area contributed by atoms with Crippen LogP contribution < -0.4 is 4.74 Å². The Bertz CT molecular complexity index is 1070. The number of nitrogens with zero attached hydrogens (tertiary/aromatic N) is 4. The summed E-state index contributed by atoms with van der Waals surface area (Å²) in [4.78, 5) is 4.14. The van der Waals surface area contributed by atoms with Gasteiger partial charge in [0.05, 0.1) is 12.7 Å². The smallest absolute Gasteiger partial charge is 0.129 e. The van der Waals surface area contributed by atoms with Crippen LogP contribution in [0.5, 0.6) is 5.75 Å². The molecule has 144 valence electrons. The van der Waals surface area contributed by atoms with Gasteiger partial charge in [-0.15, -0.1) is 11.7 Å². The predicted octanol–water partition coefficient (Wildman–Crippen LogP) is 4.70. The summed E-state index contributed by atoms with van der Waals surface area (Å²) in [5.41, 5.74) is 5.06. The molecule has 29 heavy (non-hydrogen) atoms. The topological polar surface area (TPSA) is 52.8 Å². The summed E-state index contributed by atoms with van der Waals surface area (Å²) in [5, 5.41) is 8.70. The SMILES string of the molecule is C=CCc1ccc(OCc2cccnc2)c(-c2cn(Cc3ccccc3)nn2)c1. The molecule has 0 bridgehead atoms. The maximum Gasteiger partial charge on any atom is 0.129 e. The summed E-state index contributed by atoms with van der Waals surface area (Å²) in [7, 11) is 0. The van der Waals surface area contributed by atoms with Gasteiger partial charge in [0.2, 0.25) is 0 Å². The molecule has 0 radical (unpaired) electrons. The quantitative estimate of drug-likeness (QED) is 0.415. The fraction of sp³-hybridized carbons (Fsp3) is 0.125. The van der Waals surface area contributed by atoms with Gasteiger partial charge in [0.1, 0.15) is 18.1 Å². The molecule has 2 heterocycles. The van der Waals surface area contributed by atoms with Crippen LogP contribution in [0.25, 0.3) is 11.3 Å². The molecule has 0 aliphatic heterocycles. The van der Waals surface area contributed by atoms with E-state index < -0.39 is 0 Å². The van der Waals surface area contributed by atoms with E-state index in [0.717, 1.165) is 34.6 Å². The molecule has 4 aromatic rings. The summed E-state index contributed by atoms with van der Waals surface area (Å²) in [6.07, 6.45) is 8.19. The molecule has 0 fully saturated rings. The van der Waals surface area contributed by atoms with Crippen molar-refractivity contribution in [3.63, 3.8) is 0 Å². The van der Waals surface area contributed by atoms with E-state index in [1.54, 1.807) is 6.20 Å². The Balaban J connectivity index is 1.60. The highest BCUT2D eigenvalue weighted by Gasteiger charge is 2.12. The maximum absolute atomic E-state index is 6.10. The van der Waals surface area contributed by atoms with E-state index in [4.69, 9.17) is 4.74 Å². The third-order valence-electron chi connectivity index (χ3n) is 4.54. The average Bonchev–Trinajstić information content (AvgIpc) is 3.23. The molecule has 0 unspecified atom stereocenters. The maximum atomic E-state index is 6.10. The zero-order chi connectivity index (χ0) is 19.9. The Morgan fingerprint density at radius 1 is 0.966 bits per heavy atom. The van der Waals surface area contributed by atoms with Crippen molar-refractivity contribution >= 4 is 0 Å². The van der Waals surface area contributed by atoms with Gasteiger partial charge in [0.15, 0.2) is 0 Å². The molecule has 5 nitrogen and oxygen atoms in total. The van der Waals surface area contributed by atoms with Crippen molar-refractivity contribution in [1.82, 2.24) is 20.0 Å². The van der Waals surface area contributed by atoms with E-state index in [9.17, 15) is 0 Å². The minimum absolute atomic E-state index is 0.444. The van der Waals surface area contributed by atoms with Crippen molar-refractivity contribution in [2.45, 2.75) is 19.6 Å². The second-order valence-electron chi connectivity index (χ2n) is 6.76. The number of hydrogen-bond donors (Lipinski definition) is 0. The van der Waals surface area contributed by atoms with Gasteiger partial charge >= 0.3 is 0 Å². The van der Waals surface area contributed by atoms with Crippen molar-refractivity contribution in [2.24, 2.45) is 0 Å². The lowest BCUT2D eigenvalue weighted by atomic mass is 10.0. The van der Waals surface area contributed by atoms with Crippen molar-refractivity contribution in [3.05, 3.63) is 109 Å². The summed E-state index contributed by atoms with van der Waals surface area (Å²) in [6.45, 7) is 4.95. The highest BCUT2D eigenvalue weighted by Crippen LogP contribution is 2.30. The summed E-state index contributed by atoms with van der Waals surface area (Å²) < 4.78 is 7.94. The van der Waals surface area contributed by atoms with E-state index in [1.807, 2.05) is 59.5 Å². The number of benzene rings is 2. The monoisotopic (exact) mass is 382 g/mol. The average molecular weight is 382 g/mol. The Labute approximate surface area is 170 Å². The predicted molar refractivity (Wildman–Crippen MR) is 113 cm³/mol. The zero-order valence-corrected chi connectivity index (χ0v) is 16.1. The number of pyridine rings is 1. The van der Waals surface area contributed by atoms with Crippen molar-refractivity contribution in [2.75, 3.05) is 0 Å². The molecule has 0 amide bonds. The van der Waals surface area contributed by atoms with Gasteiger partial charge in [-0.05, 0) is 35.7 Å². The summed E-state index contributed by atoms with van der Waals surface area (Å²) >= 11 is 0. The van der Waals surface area contributed by atoms with Crippen LogP contribution in [0.2, 0.25) is 0 Å². The van der Waals surface area contributed by atoms with E-state index >= 15 is 0 Å². The first-order chi connectivity index (χ1) is 14.3. The molecule has 5 heteroatoms. The van der Waals surface area contributed by atoms with E-state index in [2.05, 4.69) is 46.1 Å². The summed E-state index contributed by atoms with van der Waals surface area (Å²) in [5.74, 6) is 0.772. The number of rotatable bonds is 8. The highest BCUT2D eigenvalue weighted by molar-refractivity contribution is 5.67. The van der Waals surface area contributed by atoms with Gasteiger partial charge in [-0.25, -0.2) is 4.68 Å². The van der Waals surface area contributed by atoms with Crippen LogP contribution in [0.15, 0.2) is 91.9 Å². The van der Waals surface area contributed by atoms with E-state index in [1.165, 1.54) is 5.56 Å². The van der Waals surface area contributed by atoms with Crippen LogP contribution in [0, 0.1) is 0 Å². The van der Waals surface area contributed by atoms with Crippen LogP contribution in [0.1, 0.15) is 16.7 Å². The van der Waals surface area contributed by atoms with Crippen LogP contribution in [-0.4, -0.2) is 20.0 Å². The van der Waals surface area contributed by atoms with Crippen molar-refractivity contribution in [3.8, 4) is 17.0 Å². The van der Waals surface area contributed by atoms with Gasteiger partial charge in [0.25, 0.3) is 0 Å². The minimum Gasteiger partial charge on any atom is -0.488 e. The number of aromatic nitrogens is 4. The van der Waals surface area contributed by atoms with E-state index in [-0.39, 0.29) is 0 Å². The fourth-order valence-electron chi connectivity index (χ4n) is 3.11. The molecule has 0 N–H and O–H groups in total. The number of hydrogen-bond acceptors (Lipinski definition) is 4. The molecule has 0 saturated carbocycles. The number of allylic oxidation sites excluding steroid dienone is 1. The fourth-order valence-corrected chi connectivity index (χ4v) is 3.11. The second-order valence-corrected chi connectivity index (χ2v) is 6.76. The Hall–Kier alpha value is -3.73. The summed E-state index contributed by atoms with van der Waals surface area (Å²) in [6, 6.07) is 20.2. The Morgan fingerprint density at radius 2 is 1.83 bits per heavy atom. The standard InChI is InChI=1S/C24H22N4O/c1-2-7-19-11-12-24(29-18-21-10-6-13-25-15-21)22(14-19)23-17-28(27-26-23)16-20-8-4-3-5-9-20/h2-6,8-15,17H,1,7,16,18H2. The normalized spacial score (nSPS) is 10.6. The van der Waals surface area contributed by atoms with Crippen LogP contribution in [-0.2, 0) is 19.6 Å². The largest absolute Gasteiger partial charge is 0.488 e. The molecular formula is C24H22N4O. The number of ether oxygens (including phenoxy) is 1. The Morgan fingerprint density at radius 3 is 2.62 bits per heavy atom. The first kappa shape index (κ1) is 18.6. The third kappa shape index (κ3) is 4.76. The molecule has 2 aromatic carbocycles. The van der Waals surface area contributed by atoms with Gasteiger partial charge < -0.3 is 4.74 Å².